The van der Waals surface area contributed by atoms with E-state index in [9.17, 15) is 4.79 Å². The third kappa shape index (κ3) is 6.14. The number of rotatable bonds is 8. The van der Waals surface area contributed by atoms with Crippen LogP contribution in [0.3, 0.4) is 0 Å². The summed E-state index contributed by atoms with van der Waals surface area (Å²) < 4.78 is 7.17. The number of hydrogen-bond acceptors (Lipinski definition) is 4. The third-order valence-corrected chi connectivity index (χ3v) is 4.79. The molecule has 7 heteroatoms. The average molecular weight is 483 g/mol. The molecule has 0 saturated heterocycles. The maximum atomic E-state index is 11.8. The Labute approximate surface area is 170 Å². The van der Waals surface area contributed by atoms with Gasteiger partial charge in [-0.3, -0.25) is 4.79 Å². The molecule has 0 saturated carbocycles. The van der Waals surface area contributed by atoms with Gasteiger partial charge >= 0.3 is 0 Å². The first-order valence-electron chi connectivity index (χ1n) is 8.28. The van der Waals surface area contributed by atoms with Crippen LogP contribution in [0.1, 0.15) is 19.4 Å². The molecule has 0 spiro atoms. The molecule has 1 amide bonds. The molecule has 138 valence electrons. The van der Waals surface area contributed by atoms with Gasteiger partial charge in [0.15, 0.2) is 6.61 Å². The van der Waals surface area contributed by atoms with Crippen molar-refractivity contribution in [3.8, 4) is 5.75 Å². The molecule has 0 aromatic heterocycles. The Hall–Kier alpha value is -1.86. The Bertz CT molecular complexity index is 760. The van der Waals surface area contributed by atoms with Crippen LogP contribution in [-0.2, 0) is 4.79 Å². The minimum atomic E-state index is -0.323. The van der Waals surface area contributed by atoms with Crippen LogP contribution in [-0.4, -0.2) is 31.8 Å². The highest BCUT2D eigenvalue weighted by molar-refractivity contribution is 9.11. The number of amides is 1. The van der Waals surface area contributed by atoms with Gasteiger partial charge in [0.05, 0.1) is 10.7 Å². The molecular formula is C19H21Br2N3O2. The molecule has 0 radical (unpaired) electrons. The van der Waals surface area contributed by atoms with E-state index < -0.39 is 0 Å². The molecule has 2 aromatic rings. The molecule has 0 aliphatic heterocycles. The van der Waals surface area contributed by atoms with Crippen molar-refractivity contribution in [3.63, 3.8) is 0 Å². The van der Waals surface area contributed by atoms with E-state index >= 15 is 0 Å². The molecule has 2 rings (SSSR count). The molecule has 0 fully saturated rings. The maximum Gasteiger partial charge on any atom is 0.277 e. The van der Waals surface area contributed by atoms with E-state index in [1.54, 1.807) is 12.3 Å². The zero-order valence-electron chi connectivity index (χ0n) is 14.7. The fraction of sp³-hybridized carbons (Fsp3) is 0.263. The van der Waals surface area contributed by atoms with Gasteiger partial charge in [-0.15, -0.1) is 0 Å². The van der Waals surface area contributed by atoms with Crippen molar-refractivity contribution in [2.45, 2.75) is 13.8 Å². The standard InChI is InChI=1S/C19H21Br2N3O2/c1-3-24(4-2)16-8-5-14(6-9-16)12-22-23-19(25)13-26-18-10-7-15(20)11-17(18)21/h5-12H,3-4,13H2,1-2H3,(H,23,25)/b22-12+. The first-order valence-corrected chi connectivity index (χ1v) is 9.86. The highest BCUT2D eigenvalue weighted by Gasteiger charge is 2.05. The number of hydrazone groups is 1. The van der Waals surface area contributed by atoms with Gasteiger partial charge in [-0.05, 0) is 65.7 Å². The normalized spacial score (nSPS) is 10.8. The highest BCUT2D eigenvalue weighted by atomic mass is 79.9. The number of nitrogens with zero attached hydrogens (tertiary/aromatic N) is 2. The Morgan fingerprint density at radius 2 is 1.85 bits per heavy atom. The van der Waals surface area contributed by atoms with Gasteiger partial charge in [-0.1, -0.05) is 28.1 Å². The lowest BCUT2D eigenvalue weighted by atomic mass is 10.2. The first-order chi connectivity index (χ1) is 12.5. The van der Waals surface area contributed by atoms with Crippen LogP contribution in [0.4, 0.5) is 5.69 Å². The van der Waals surface area contributed by atoms with E-state index in [1.165, 1.54) is 5.69 Å². The zero-order chi connectivity index (χ0) is 18.9. The second-order valence-electron chi connectivity index (χ2n) is 5.42. The van der Waals surface area contributed by atoms with E-state index in [-0.39, 0.29) is 12.5 Å². The fourth-order valence-corrected chi connectivity index (χ4v) is 3.47. The third-order valence-electron chi connectivity index (χ3n) is 3.68. The highest BCUT2D eigenvalue weighted by Crippen LogP contribution is 2.28. The number of carbonyl (C=O) groups is 1. The molecule has 0 aliphatic carbocycles. The summed E-state index contributed by atoms with van der Waals surface area (Å²) in [7, 11) is 0. The van der Waals surface area contributed by atoms with Crippen molar-refractivity contribution < 1.29 is 9.53 Å². The molecule has 0 atom stereocenters. The summed E-state index contributed by atoms with van der Waals surface area (Å²) in [4.78, 5) is 14.1. The van der Waals surface area contributed by atoms with E-state index in [4.69, 9.17) is 4.74 Å². The first kappa shape index (κ1) is 20.5. The van der Waals surface area contributed by atoms with E-state index in [2.05, 4.69) is 61.1 Å². The van der Waals surface area contributed by atoms with Crippen molar-refractivity contribution >= 4 is 49.7 Å². The summed E-state index contributed by atoms with van der Waals surface area (Å²) in [6.45, 7) is 6.08. The second-order valence-corrected chi connectivity index (χ2v) is 7.19. The lowest BCUT2D eigenvalue weighted by Crippen LogP contribution is -2.24. The number of nitrogens with one attached hydrogen (secondary N) is 1. The smallest absolute Gasteiger partial charge is 0.277 e. The molecule has 0 aliphatic rings. The van der Waals surface area contributed by atoms with Gasteiger partial charge in [0, 0.05) is 23.2 Å². The van der Waals surface area contributed by atoms with Crippen LogP contribution < -0.4 is 15.1 Å². The van der Waals surface area contributed by atoms with E-state index in [1.807, 2.05) is 36.4 Å². The van der Waals surface area contributed by atoms with E-state index in [0.29, 0.717) is 5.75 Å². The molecule has 5 nitrogen and oxygen atoms in total. The molecule has 0 bridgehead atoms. The SMILES string of the molecule is CCN(CC)c1ccc(/C=N/NC(=O)COc2ccc(Br)cc2Br)cc1. The Balaban J connectivity index is 1.83. The van der Waals surface area contributed by atoms with Gasteiger partial charge in [0.25, 0.3) is 5.91 Å². The van der Waals surface area contributed by atoms with Crippen molar-refractivity contribution in [3.05, 3.63) is 57.0 Å². The average Bonchev–Trinajstić information content (AvgIpc) is 2.63. The molecule has 2 aromatic carbocycles. The summed E-state index contributed by atoms with van der Waals surface area (Å²) in [6, 6.07) is 13.5. The van der Waals surface area contributed by atoms with Crippen LogP contribution in [0.25, 0.3) is 0 Å². The Morgan fingerprint density at radius 1 is 1.15 bits per heavy atom. The van der Waals surface area contributed by atoms with Crippen LogP contribution in [0.5, 0.6) is 5.75 Å². The number of ether oxygens (including phenoxy) is 1. The van der Waals surface area contributed by atoms with Crippen LogP contribution >= 0.6 is 31.9 Å². The fourth-order valence-electron chi connectivity index (χ4n) is 2.31. The Morgan fingerprint density at radius 3 is 2.46 bits per heavy atom. The predicted octanol–water partition coefficient (Wildman–Crippen LogP) is 4.59. The van der Waals surface area contributed by atoms with Crippen molar-refractivity contribution in [2.24, 2.45) is 5.10 Å². The molecule has 26 heavy (non-hydrogen) atoms. The van der Waals surface area contributed by atoms with Crippen LogP contribution in [0.2, 0.25) is 0 Å². The number of anilines is 1. The molecule has 0 heterocycles. The number of benzene rings is 2. The Kier molecular flexibility index (Phi) is 8.12. The minimum Gasteiger partial charge on any atom is -0.483 e. The number of hydrogen-bond donors (Lipinski definition) is 1. The molecular weight excluding hydrogens is 462 g/mol. The van der Waals surface area contributed by atoms with Gasteiger partial charge < -0.3 is 9.64 Å². The summed E-state index contributed by atoms with van der Waals surface area (Å²) in [6.07, 6.45) is 1.61. The van der Waals surface area contributed by atoms with Gasteiger partial charge in [0.2, 0.25) is 0 Å². The summed E-state index contributed by atoms with van der Waals surface area (Å²) >= 11 is 6.75. The minimum absolute atomic E-state index is 0.113. The lowest BCUT2D eigenvalue weighted by Gasteiger charge is -2.20. The van der Waals surface area contributed by atoms with E-state index in [0.717, 1.165) is 27.6 Å². The summed E-state index contributed by atoms with van der Waals surface area (Å²) in [5.74, 6) is 0.273. The van der Waals surface area contributed by atoms with Gasteiger partial charge in [-0.25, -0.2) is 5.43 Å². The summed E-state index contributed by atoms with van der Waals surface area (Å²) in [5, 5.41) is 3.97. The van der Waals surface area contributed by atoms with Crippen molar-refractivity contribution in [1.29, 1.82) is 0 Å². The summed E-state index contributed by atoms with van der Waals surface area (Å²) in [5.41, 5.74) is 4.55. The van der Waals surface area contributed by atoms with Gasteiger partial charge in [-0.2, -0.15) is 5.10 Å². The van der Waals surface area contributed by atoms with Crippen molar-refractivity contribution in [2.75, 3.05) is 24.6 Å². The monoisotopic (exact) mass is 481 g/mol. The number of halogens is 2. The molecule has 1 N–H and O–H groups in total. The lowest BCUT2D eigenvalue weighted by molar-refractivity contribution is -0.123. The van der Waals surface area contributed by atoms with Gasteiger partial charge in [0.1, 0.15) is 5.75 Å². The predicted molar refractivity (Wildman–Crippen MR) is 113 cm³/mol. The second kappa shape index (κ2) is 10.3. The molecule has 0 unspecified atom stereocenters. The number of carbonyl (C=O) groups excluding carboxylic acids is 1. The van der Waals surface area contributed by atoms with Crippen LogP contribution in [0.15, 0.2) is 56.5 Å². The largest absolute Gasteiger partial charge is 0.483 e. The zero-order valence-corrected chi connectivity index (χ0v) is 17.9. The van der Waals surface area contributed by atoms with Crippen molar-refractivity contribution in [1.82, 2.24) is 5.43 Å². The quantitative estimate of drug-likeness (QED) is 0.442. The maximum absolute atomic E-state index is 11.8. The van der Waals surface area contributed by atoms with Crippen LogP contribution in [0, 0.1) is 0 Å². The topological polar surface area (TPSA) is 53.9 Å².